The number of hydrogen-bond donors (Lipinski definition) is 0. The van der Waals surface area contributed by atoms with Gasteiger partial charge in [-0.05, 0) is 24.5 Å². The molecule has 2 rings (SSSR count). The Kier molecular flexibility index (Phi) is 6.10. The predicted octanol–water partition coefficient (Wildman–Crippen LogP) is 2.90. The molecule has 1 saturated heterocycles. The summed E-state index contributed by atoms with van der Waals surface area (Å²) >= 11 is 6.04. The van der Waals surface area contributed by atoms with Crippen LogP contribution in [0.4, 0.5) is 13.2 Å². The molecule has 1 aliphatic rings. The number of nitrogens with zero attached hydrogens (tertiary/aromatic N) is 2. The summed E-state index contributed by atoms with van der Waals surface area (Å²) in [5, 5.41) is 0.586. The van der Waals surface area contributed by atoms with Gasteiger partial charge in [0.15, 0.2) is 0 Å². The van der Waals surface area contributed by atoms with E-state index in [1.54, 1.807) is 12.1 Å². The normalized spacial score (nSPS) is 16.0. The van der Waals surface area contributed by atoms with Crippen LogP contribution in [0, 0.1) is 0 Å². The van der Waals surface area contributed by atoms with E-state index >= 15 is 0 Å². The van der Waals surface area contributed by atoms with Crippen LogP contribution in [0.3, 0.4) is 0 Å². The van der Waals surface area contributed by atoms with Gasteiger partial charge in [0.25, 0.3) is 0 Å². The van der Waals surface area contributed by atoms with Gasteiger partial charge in [-0.25, -0.2) is 0 Å². The van der Waals surface area contributed by atoms with Crippen molar-refractivity contribution in [2.45, 2.75) is 25.4 Å². The molecule has 8 heteroatoms. The van der Waals surface area contributed by atoms with E-state index in [4.69, 9.17) is 11.6 Å². The van der Waals surface area contributed by atoms with Crippen molar-refractivity contribution in [1.29, 1.82) is 0 Å². The number of halogens is 4. The maximum Gasteiger partial charge on any atom is 0.471 e. The summed E-state index contributed by atoms with van der Waals surface area (Å²) in [4.78, 5) is 25.8. The van der Waals surface area contributed by atoms with Crippen LogP contribution in [0.25, 0.3) is 0 Å². The van der Waals surface area contributed by atoms with Crippen molar-refractivity contribution in [3.8, 4) is 0 Å². The van der Waals surface area contributed by atoms with Gasteiger partial charge >= 0.3 is 12.1 Å². The van der Waals surface area contributed by atoms with E-state index in [1.807, 2.05) is 12.1 Å². The topological polar surface area (TPSA) is 40.6 Å². The molecular weight excluding hydrogens is 345 g/mol. The average molecular weight is 363 g/mol. The maximum atomic E-state index is 12.5. The number of carbonyl (C=O) groups excluding carboxylic acids is 2. The first-order valence-electron chi connectivity index (χ1n) is 7.66. The number of carbonyl (C=O) groups is 2. The number of amides is 2. The smallest absolute Gasteiger partial charge is 0.341 e. The lowest BCUT2D eigenvalue weighted by molar-refractivity contribution is -0.185. The minimum absolute atomic E-state index is 0.00658. The molecule has 0 N–H and O–H groups in total. The average Bonchev–Trinajstić information content (AvgIpc) is 2.78. The van der Waals surface area contributed by atoms with Gasteiger partial charge in [0.2, 0.25) is 5.91 Å². The summed E-state index contributed by atoms with van der Waals surface area (Å²) in [6.45, 7) is 0.370. The third-order valence-electron chi connectivity index (χ3n) is 3.94. The molecule has 1 aromatic carbocycles. The zero-order chi connectivity index (χ0) is 17.7. The Morgan fingerprint density at radius 3 is 2.33 bits per heavy atom. The molecule has 0 unspecified atom stereocenters. The van der Waals surface area contributed by atoms with Crippen LogP contribution in [0.2, 0.25) is 5.02 Å². The Morgan fingerprint density at radius 1 is 1.04 bits per heavy atom. The maximum absolute atomic E-state index is 12.5. The van der Waals surface area contributed by atoms with E-state index in [9.17, 15) is 22.8 Å². The van der Waals surface area contributed by atoms with Crippen LogP contribution in [-0.4, -0.2) is 54.0 Å². The quantitative estimate of drug-likeness (QED) is 0.829. The van der Waals surface area contributed by atoms with Gasteiger partial charge in [-0.3, -0.25) is 9.59 Å². The highest BCUT2D eigenvalue weighted by atomic mass is 35.5. The standard InChI is InChI=1S/C16H18ClF3N2O2/c17-13-5-2-1-4-12(13)6-7-14(23)21-8-3-9-22(11-10-21)15(24)16(18,19)20/h1-2,4-5H,3,6-11H2. The number of aryl methyl sites for hydroxylation is 1. The fraction of sp³-hybridized carbons (Fsp3) is 0.500. The molecule has 132 valence electrons. The van der Waals surface area contributed by atoms with Crippen LogP contribution < -0.4 is 0 Å². The Hall–Kier alpha value is -1.76. The van der Waals surface area contributed by atoms with Crippen molar-refractivity contribution in [1.82, 2.24) is 9.80 Å². The Balaban J connectivity index is 1.88. The third-order valence-corrected chi connectivity index (χ3v) is 4.31. The molecule has 1 aliphatic heterocycles. The highest BCUT2D eigenvalue weighted by Gasteiger charge is 2.42. The van der Waals surface area contributed by atoms with Crippen LogP contribution in [-0.2, 0) is 16.0 Å². The highest BCUT2D eigenvalue weighted by molar-refractivity contribution is 6.31. The van der Waals surface area contributed by atoms with Crippen molar-refractivity contribution in [2.24, 2.45) is 0 Å². The monoisotopic (exact) mass is 362 g/mol. The second-order valence-corrected chi connectivity index (χ2v) is 6.02. The summed E-state index contributed by atoms with van der Waals surface area (Å²) in [6.07, 6.45) is -3.83. The van der Waals surface area contributed by atoms with E-state index in [-0.39, 0.29) is 32.0 Å². The Bertz CT molecular complexity index is 607. The van der Waals surface area contributed by atoms with Crippen molar-refractivity contribution in [3.63, 3.8) is 0 Å². The third kappa shape index (κ3) is 4.87. The first-order chi connectivity index (χ1) is 11.3. The molecule has 1 fully saturated rings. The van der Waals surface area contributed by atoms with Crippen molar-refractivity contribution in [2.75, 3.05) is 26.2 Å². The molecule has 1 heterocycles. The minimum atomic E-state index is -4.87. The lowest BCUT2D eigenvalue weighted by atomic mass is 10.1. The van der Waals surface area contributed by atoms with Gasteiger partial charge in [0, 0.05) is 37.6 Å². The van der Waals surface area contributed by atoms with Crippen molar-refractivity contribution >= 4 is 23.4 Å². The highest BCUT2D eigenvalue weighted by Crippen LogP contribution is 2.20. The molecule has 4 nitrogen and oxygen atoms in total. The summed E-state index contributed by atoms with van der Waals surface area (Å²) in [7, 11) is 0. The van der Waals surface area contributed by atoms with Gasteiger partial charge in [0.1, 0.15) is 0 Å². The van der Waals surface area contributed by atoms with Crippen LogP contribution >= 0.6 is 11.6 Å². The number of rotatable bonds is 3. The van der Waals surface area contributed by atoms with Crippen LogP contribution in [0.1, 0.15) is 18.4 Å². The lowest BCUT2D eigenvalue weighted by Crippen LogP contribution is -2.43. The fourth-order valence-electron chi connectivity index (χ4n) is 2.65. The van der Waals surface area contributed by atoms with E-state index in [1.165, 1.54) is 4.90 Å². The lowest BCUT2D eigenvalue weighted by Gasteiger charge is -2.23. The molecule has 2 amide bonds. The molecule has 1 aromatic rings. The minimum Gasteiger partial charge on any atom is -0.341 e. The molecule has 0 spiro atoms. The number of alkyl halides is 3. The molecule has 0 atom stereocenters. The summed E-state index contributed by atoms with van der Waals surface area (Å²) in [5.74, 6) is -1.98. The van der Waals surface area contributed by atoms with E-state index in [2.05, 4.69) is 0 Å². The SMILES string of the molecule is O=C(CCc1ccccc1Cl)N1CCCN(C(=O)C(F)(F)F)CC1. The zero-order valence-corrected chi connectivity index (χ0v) is 13.7. The first kappa shape index (κ1) is 18.6. The molecule has 0 aromatic heterocycles. The molecule has 0 radical (unpaired) electrons. The largest absolute Gasteiger partial charge is 0.471 e. The van der Waals surface area contributed by atoms with Crippen LogP contribution in [0.5, 0.6) is 0 Å². The summed E-state index contributed by atoms with van der Waals surface area (Å²) in [5.41, 5.74) is 0.858. The number of benzene rings is 1. The molecule has 0 saturated carbocycles. The Morgan fingerprint density at radius 2 is 1.67 bits per heavy atom. The Labute approximate surface area is 143 Å². The summed E-state index contributed by atoms with van der Waals surface area (Å²) < 4.78 is 37.5. The zero-order valence-electron chi connectivity index (χ0n) is 13.0. The number of hydrogen-bond acceptors (Lipinski definition) is 2. The van der Waals surface area contributed by atoms with Crippen LogP contribution in [0.15, 0.2) is 24.3 Å². The fourth-order valence-corrected chi connectivity index (χ4v) is 2.88. The second-order valence-electron chi connectivity index (χ2n) is 5.62. The molecular formula is C16H18ClF3N2O2. The molecule has 0 aliphatic carbocycles. The predicted molar refractivity (Wildman–Crippen MR) is 83.6 cm³/mol. The van der Waals surface area contributed by atoms with E-state index < -0.39 is 12.1 Å². The van der Waals surface area contributed by atoms with Gasteiger partial charge < -0.3 is 9.80 Å². The second kappa shape index (κ2) is 7.88. The summed E-state index contributed by atoms with van der Waals surface area (Å²) in [6, 6.07) is 7.21. The van der Waals surface area contributed by atoms with Gasteiger partial charge in [-0.1, -0.05) is 29.8 Å². The van der Waals surface area contributed by atoms with Gasteiger partial charge in [-0.15, -0.1) is 0 Å². The molecule has 0 bridgehead atoms. The van der Waals surface area contributed by atoms with E-state index in [0.717, 1.165) is 10.5 Å². The molecule has 24 heavy (non-hydrogen) atoms. The van der Waals surface area contributed by atoms with Gasteiger partial charge in [0.05, 0.1) is 0 Å². The van der Waals surface area contributed by atoms with E-state index in [0.29, 0.717) is 24.4 Å². The van der Waals surface area contributed by atoms with Gasteiger partial charge in [-0.2, -0.15) is 13.2 Å². The van der Waals surface area contributed by atoms with Crippen molar-refractivity contribution in [3.05, 3.63) is 34.9 Å². The van der Waals surface area contributed by atoms with Crippen molar-refractivity contribution < 1.29 is 22.8 Å². The first-order valence-corrected chi connectivity index (χ1v) is 8.04.